The van der Waals surface area contributed by atoms with E-state index in [0.29, 0.717) is 5.56 Å². The average molecular weight is 315 g/mol. The van der Waals surface area contributed by atoms with E-state index in [0.717, 1.165) is 11.4 Å². The second-order valence-electron chi connectivity index (χ2n) is 5.56. The van der Waals surface area contributed by atoms with Crippen LogP contribution in [0.1, 0.15) is 30.3 Å². The smallest absolute Gasteiger partial charge is 0.334 e. The third kappa shape index (κ3) is 3.41. The van der Waals surface area contributed by atoms with Gasteiger partial charge in [0.25, 0.3) is 0 Å². The summed E-state index contributed by atoms with van der Waals surface area (Å²) in [6, 6.07) is 10.6. The Morgan fingerprint density at radius 1 is 1.26 bits per heavy atom. The van der Waals surface area contributed by atoms with Crippen LogP contribution in [0.15, 0.2) is 36.4 Å². The fourth-order valence-corrected chi connectivity index (χ4v) is 2.66. The molecular weight excluding hydrogens is 294 g/mol. The minimum atomic E-state index is -1.44. The Balaban J connectivity index is 2.26. The summed E-state index contributed by atoms with van der Waals surface area (Å²) < 4.78 is 1.57. The van der Waals surface area contributed by atoms with E-state index >= 15 is 0 Å². The van der Waals surface area contributed by atoms with E-state index in [1.54, 1.807) is 35.9 Å². The van der Waals surface area contributed by atoms with Gasteiger partial charge in [0.1, 0.15) is 6.54 Å². The molecule has 1 unspecified atom stereocenters. The zero-order chi connectivity index (χ0) is 17.0. The van der Waals surface area contributed by atoms with E-state index in [2.05, 4.69) is 10.4 Å². The molecule has 0 aliphatic heterocycles. The van der Waals surface area contributed by atoms with Gasteiger partial charge in [-0.3, -0.25) is 9.48 Å². The summed E-state index contributed by atoms with van der Waals surface area (Å²) >= 11 is 0. The molecule has 6 nitrogen and oxygen atoms in total. The van der Waals surface area contributed by atoms with Crippen LogP contribution in [0.3, 0.4) is 0 Å². The van der Waals surface area contributed by atoms with Crippen LogP contribution in [0.4, 0.5) is 0 Å². The van der Waals surface area contributed by atoms with Gasteiger partial charge in [0, 0.05) is 5.69 Å². The largest absolute Gasteiger partial charge is 0.479 e. The monoisotopic (exact) mass is 315 g/mol. The van der Waals surface area contributed by atoms with Crippen molar-refractivity contribution in [3.05, 3.63) is 53.3 Å². The number of rotatable bonds is 6. The zero-order valence-electron chi connectivity index (χ0n) is 13.5. The van der Waals surface area contributed by atoms with Crippen molar-refractivity contribution in [3.63, 3.8) is 0 Å². The SMILES string of the molecule is CCC(NC(=O)Cn1nc(C)cc1C)(C(=O)O)c1ccccc1. The Hall–Kier alpha value is -2.63. The lowest BCUT2D eigenvalue weighted by Gasteiger charge is -2.30. The number of carboxylic acid groups (broad SMARTS) is 1. The number of nitrogens with one attached hydrogen (secondary N) is 1. The van der Waals surface area contributed by atoms with Crippen LogP contribution in [0.2, 0.25) is 0 Å². The Bertz CT molecular complexity index is 709. The maximum atomic E-state index is 12.4. The maximum Gasteiger partial charge on any atom is 0.334 e. The van der Waals surface area contributed by atoms with Gasteiger partial charge in [0.2, 0.25) is 5.91 Å². The van der Waals surface area contributed by atoms with Crippen molar-refractivity contribution < 1.29 is 14.7 Å². The predicted molar refractivity (Wildman–Crippen MR) is 85.9 cm³/mol. The minimum Gasteiger partial charge on any atom is -0.479 e. The highest BCUT2D eigenvalue weighted by molar-refractivity contribution is 5.88. The molecule has 6 heteroatoms. The first-order valence-corrected chi connectivity index (χ1v) is 7.50. The van der Waals surface area contributed by atoms with Crippen molar-refractivity contribution in [2.75, 3.05) is 0 Å². The van der Waals surface area contributed by atoms with Crippen molar-refractivity contribution in [1.82, 2.24) is 15.1 Å². The number of carboxylic acids is 1. The molecule has 2 N–H and O–H groups in total. The van der Waals surface area contributed by atoms with Crippen molar-refractivity contribution >= 4 is 11.9 Å². The summed E-state index contributed by atoms with van der Waals surface area (Å²) in [6.45, 7) is 5.43. The molecule has 0 fully saturated rings. The molecule has 0 radical (unpaired) electrons. The van der Waals surface area contributed by atoms with Crippen LogP contribution in [0.25, 0.3) is 0 Å². The van der Waals surface area contributed by atoms with Gasteiger partial charge in [-0.05, 0) is 31.9 Å². The number of nitrogens with zero attached hydrogens (tertiary/aromatic N) is 2. The van der Waals surface area contributed by atoms with E-state index in [-0.39, 0.29) is 18.9 Å². The summed E-state index contributed by atoms with van der Waals surface area (Å²) in [4.78, 5) is 24.3. The molecule has 0 spiro atoms. The number of aryl methyl sites for hydroxylation is 2. The Morgan fingerprint density at radius 2 is 1.91 bits per heavy atom. The van der Waals surface area contributed by atoms with E-state index in [1.807, 2.05) is 26.0 Å². The standard InChI is InChI=1S/C17H21N3O3/c1-4-17(16(22)23,14-8-6-5-7-9-14)18-15(21)11-20-13(3)10-12(2)19-20/h5-10H,4,11H2,1-3H3,(H,18,21)(H,22,23). The van der Waals surface area contributed by atoms with Gasteiger partial charge in [0.05, 0.1) is 5.69 Å². The Labute approximate surface area is 135 Å². The summed E-state index contributed by atoms with van der Waals surface area (Å²) in [5.74, 6) is -1.46. The van der Waals surface area contributed by atoms with Gasteiger partial charge in [-0.15, -0.1) is 0 Å². The molecule has 0 saturated heterocycles. The van der Waals surface area contributed by atoms with Crippen LogP contribution in [-0.4, -0.2) is 26.8 Å². The van der Waals surface area contributed by atoms with Gasteiger partial charge >= 0.3 is 5.97 Å². The minimum absolute atomic E-state index is 0.0124. The molecule has 1 heterocycles. The maximum absolute atomic E-state index is 12.4. The molecule has 1 aromatic heterocycles. The van der Waals surface area contributed by atoms with E-state index in [4.69, 9.17) is 0 Å². The van der Waals surface area contributed by atoms with E-state index in [9.17, 15) is 14.7 Å². The van der Waals surface area contributed by atoms with Gasteiger partial charge in [-0.2, -0.15) is 5.10 Å². The van der Waals surface area contributed by atoms with Gasteiger partial charge < -0.3 is 10.4 Å². The zero-order valence-corrected chi connectivity index (χ0v) is 13.5. The lowest BCUT2D eigenvalue weighted by atomic mass is 9.87. The second kappa shape index (κ2) is 6.64. The van der Waals surface area contributed by atoms with Crippen LogP contribution < -0.4 is 5.32 Å². The first-order chi connectivity index (χ1) is 10.9. The topological polar surface area (TPSA) is 84.2 Å². The molecule has 1 amide bonds. The number of carbonyl (C=O) groups is 2. The number of aliphatic carboxylic acids is 1. The van der Waals surface area contributed by atoms with Gasteiger partial charge in [-0.25, -0.2) is 4.79 Å². The Morgan fingerprint density at radius 3 is 2.39 bits per heavy atom. The third-order valence-corrected chi connectivity index (χ3v) is 3.91. The normalized spacial score (nSPS) is 13.3. The van der Waals surface area contributed by atoms with Crippen LogP contribution >= 0.6 is 0 Å². The van der Waals surface area contributed by atoms with Crippen molar-refractivity contribution in [2.24, 2.45) is 0 Å². The number of benzene rings is 1. The molecule has 1 aromatic carbocycles. The van der Waals surface area contributed by atoms with Crippen molar-refractivity contribution in [3.8, 4) is 0 Å². The average Bonchev–Trinajstić information content (AvgIpc) is 2.83. The Kier molecular flexibility index (Phi) is 4.83. The van der Waals surface area contributed by atoms with Crippen LogP contribution in [0, 0.1) is 13.8 Å². The second-order valence-corrected chi connectivity index (χ2v) is 5.56. The number of hydrogen-bond acceptors (Lipinski definition) is 3. The molecule has 122 valence electrons. The number of amides is 1. The van der Waals surface area contributed by atoms with Crippen LogP contribution in [-0.2, 0) is 21.7 Å². The first-order valence-electron chi connectivity index (χ1n) is 7.50. The highest BCUT2D eigenvalue weighted by Gasteiger charge is 2.40. The molecule has 1 atom stereocenters. The number of aromatic nitrogens is 2. The molecule has 23 heavy (non-hydrogen) atoms. The highest BCUT2D eigenvalue weighted by Crippen LogP contribution is 2.25. The summed E-state index contributed by atoms with van der Waals surface area (Å²) in [5.41, 5.74) is 0.791. The number of carbonyl (C=O) groups excluding carboxylic acids is 1. The van der Waals surface area contributed by atoms with E-state index in [1.165, 1.54) is 0 Å². The quantitative estimate of drug-likeness (QED) is 0.854. The molecular formula is C17H21N3O3. The number of hydrogen-bond donors (Lipinski definition) is 2. The highest BCUT2D eigenvalue weighted by atomic mass is 16.4. The van der Waals surface area contributed by atoms with Gasteiger partial charge in [-0.1, -0.05) is 37.3 Å². The fourth-order valence-electron chi connectivity index (χ4n) is 2.66. The molecule has 0 saturated carbocycles. The first kappa shape index (κ1) is 16.7. The summed E-state index contributed by atoms with van der Waals surface area (Å²) in [6.07, 6.45) is 0.245. The van der Waals surface area contributed by atoms with Crippen molar-refractivity contribution in [2.45, 2.75) is 39.3 Å². The predicted octanol–water partition coefficient (Wildman–Crippen LogP) is 2.01. The summed E-state index contributed by atoms with van der Waals surface area (Å²) in [7, 11) is 0. The molecule has 0 aliphatic rings. The lowest BCUT2D eigenvalue weighted by molar-refractivity contribution is -0.148. The molecule has 0 aliphatic carbocycles. The van der Waals surface area contributed by atoms with Gasteiger partial charge in [0.15, 0.2) is 5.54 Å². The summed E-state index contributed by atoms with van der Waals surface area (Å²) in [5, 5.41) is 16.6. The van der Waals surface area contributed by atoms with Crippen LogP contribution in [0.5, 0.6) is 0 Å². The molecule has 2 aromatic rings. The third-order valence-electron chi connectivity index (χ3n) is 3.91. The van der Waals surface area contributed by atoms with E-state index < -0.39 is 11.5 Å². The fraction of sp³-hybridized carbons (Fsp3) is 0.353. The lowest BCUT2D eigenvalue weighted by Crippen LogP contribution is -2.52. The molecule has 0 bridgehead atoms. The molecule has 2 rings (SSSR count). The van der Waals surface area contributed by atoms with Crippen molar-refractivity contribution in [1.29, 1.82) is 0 Å².